The molecule has 1 unspecified atom stereocenters. The van der Waals surface area contributed by atoms with Gasteiger partial charge in [-0.15, -0.1) is 22.6 Å². The minimum absolute atomic E-state index is 0. The Balaban J connectivity index is 0.00000176. The van der Waals surface area contributed by atoms with Crippen LogP contribution in [0.1, 0.15) is 18.4 Å². The monoisotopic (exact) mass is 356 g/mol. The molecule has 1 aromatic carbocycles. The first-order valence-corrected chi connectivity index (χ1v) is 8.66. The highest BCUT2D eigenvalue weighted by molar-refractivity contribution is 8.00. The van der Waals surface area contributed by atoms with Gasteiger partial charge in [-0.05, 0) is 24.9 Å². The highest BCUT2D eigenvalue weighted by Gasteiger charge is 2.22. The summed E-state index contributed by atoms with van der Waals surface area (Å²) in [7, 11) is 0. The Labute approximate surface area is 143 Å². The maximum absolute atomic E-state index is 12.0. The molecule has 0 aliphatic carbocycles. The van der Waals surface area contributed by atoms with Gasteiger partial charge in [0.15, 0.2) is 4.34 Å². The molecule has 1 amide bonds. The number of rotatable bonds is 5. The summed E-state index contributed by atoms with van der Waals surface area (Å²) >= 11 is 3.05. The van der Waals surface area contributed by atoms with Crippen molar-refractivity contribution in [3.05, 3.63) is 35.9 Å². The number of carbonyl (C=O) groups is 1. The van der Waals surface area contributed by atoms with Crippen LogP contribution in [0.15, 0.2) is 34.7 Å². The lowest BCUT2D eigenvalue weighted by molar-refractivity contribution is -0.117. The topological polar surface area (TPSA) is 66.9 Å². The van der Waals surface area contributed by atoms with Gasteiger partial charge in [-0.1, -0.05) is 53.4 Å². The molecule has 2 N–H and O–H groups in total. The lowest BCUT2D eigenvalue weighted by atomic mass is 10.2. The molecule has 0 saturated carbocycles. The van der Waals surface area contributed by atoms with Crippen molar-refractivity contribution in [2.45, 2.75) is 29.0 Å². The summed E-state index contributed by atoms with van der Waals surface area (Å²) in [6, 6.07) is 10.1. The third-order valence-electron chi connectivity index (χ3n) is 3.22. The fourth-order valence-corrected chi connectivity index (χ4v) is 3.85. The third kappa shape index (κ3) is 4.67. The zero-order valence-electron chi connectivity index (χ0n) is 11.8. The van der Waals surface area contributed by atoms with E-state index in [0.29, 0.717) is 5.13 Å². The number of aromatic nitrogens is 2. The first kappa shape index (κ1) is 17.2. The number of hydrogen-bond donors (Lipinski definition) is 2. The number of nitrogens with one attached hydrogen (secondary N) is 2. The number of benzene rings is 1. The van der Waals surface area contributed by atoms with Crippen molar-refractivity contribution in [3.63, 3.8) is 0 Å². The second kappa shape index (κ2) is 8.47. The third-order valence-corrected chi connectivity index (χ3v) is 5.26. The summed E-state index contributed by atoms with van der Waals surface area (Å²) < 4.78 is 0.869. The van der Waals surface area contributed by atoms with E-state index in [-0.39, 0.29) is 24.4 Å². The fraction of sp³-hybridized carbons (Fsp3) is 0.357. The van der Waals surface area contributed by atoms with Crippen LogP contribution in [0.4, 0.5) is 5.13 Å². The highest BCUT2D eigenvalue weighted by Crippen LogP contribution is 2.28. The Morgan fingerprint density at radius 3 is 2.91 bits per heavy atom. The molecule has 1 fully saturated rings. The predicted molar refractivity (Wildman–Crippen MR) is 92.8 cm³/mol. The van der Waals surface area contributed by atoms with Gasteiger partial charge in [-0.2, -0.15) is 0 Å². The molecule has 5 nitrogen and oxygen atoms in total. The predicted octanol–water partition coefficient (Wildman–Crippen LogP) is 2.94. The van der Waals surface area contributed by atoms with Crippen LogP contribution in [0.2, 0.25) is 0 Å². The smallest absolute Gasteiger partial charge is 0.243 e. The van der Waals surface area contributed by atoms with Gasteiger partial charge in [-0.3, -0.25) is 10.1 Å². The molecule has 0 bridgehead atoms. The van der Waals surface area contributed by atoms with Crippen molar-refractivity contribution >= 4 is 46.5 Å². The highest BCUT2D eigenvalue weighted by atomic mass is 35.5. The molecule has 0 spiro atoms. The first-order valence-electron chi connectivity index (χ1n) is 6.86. The van der Waals surface area contributed by atoms with E-state index in [2.05, 4.69) is 33.0 Å². The summed E-state index contributed by atoms with van der Waals surface area (Å²) in [4.78, 5) is 12.0. The molecule has 1 aliphatic rings. The molecule has 1 aliphatic heterocycles. The molecule has 0 radical (unpaired) electrons. The van der Waals surface area contributed by atoms with E-state index in [1.54, 1.807) is 11.8 Å². The van der Waals surface area contributed by atoms with Gasteiger partial charge in [0.1, 0.15) is 0 Å². The maximum Gasteiger partial charge on any atom is 0.243 e. The van der Waals surface area contributed by atoms with Crippen molar-refractivity contribution < 1.29 is 4.79 Å². The number of thioether (sulfide) groups is 1. The number of anilines is 1. The summed E-state index contributed by atoms with van der Waals surface area (Å²) in [5.41, 5.74) is 1.25. The van der Waals surface area contributed by atoms with Gasteiger partial charge >= 0.3 is 0 Å². The zero-order chi connectivity index (χ0) is 14.5. The van der Waals surface area contributed by atoms with Gasteiger partial charge in [0.25, 0.3) is 0 Å². The van der Waals surface area contributed by atoms with Gasteiger partial charge in [0.05, 0.1) is 6.04 Å². The maximum atomic E-state index is 12.0. The van der Waals surface area contributed by atoms with Crippen molar-refractivity contribution in [1.29, 1.82) is 0 Å². The Morgan fingerprint density at radius 1 is 1.36 bits per heavy atom. The Hall–Kier alpha value is -1.15. The van der Waals surface area contributed by atoms with Gasteiger partial charge in [0, 0.05) is 5.75 Å². The van der Waals surface area contributed by atoms with E-state index in [4.69, 9.17) is 0 Å². The van der Waals surface area contributed by atoms with Crippen LogP contribution in [-0.2, 0) is 10.5 Å². The van der Waals surface area contributed by atoms with E-state index in [1.807, 2.05) is 18.2 Å². The number of halogens is 1. The number of hydrogen-bond acceptors (Lipinski definition) is 6. The minimum atomic E-state index is -0.0886. The molecule has 3 rings (SSSR count). The first-order chi connectivity index (χ1) is 10.3. The SMILES string of the molecule is Cl.O=C(Nc1nnc(SCc2ccccc2)s1)C1CCCN1. The number of nitrogens with zero attached hydrogens (tertiary/aromatic N) is 2. The molecule has 1 saturated heterocycles. The van der Waals surface area contributed by atoms with Crippen molar-refractivity contribution in [2.24, 2.45) is 0 Å². The second-order valence-electron chi connectivity index (χ2n) is 4.79. The second-order valence-corrected chi connectivity index (χ2v) is 6.99. The van der Waals surface area contributed by atoms with Crippen LogP contribution in [0.25, 0.3) is 0 Å². The van der Waals surface area contributed by atoms with Crippen LogP contribution in [0.5, 0.6) is 0 Å². The molecule has 8 heteroatoms. The normalized spacial score (nSPS) is 17.0. The molecule has 118 valence electrons. The van der Waals surface area contributed by atoms with Gasteiger partial charge < -0.3 is 5.32 Å². The lowest BCUT2D eigenvalue weighted by Crippen LogP contribution is -2.35. The molecule has 1 aromatic heterocycles. The lowest BCUT2D eigenvalue weighted by Gasteiger charge is -2.07. The molecule has 22 heavy (non-hydrogen) atoms. The van der Waals surface area contributed by atoms with Crippen LogP contribution >= 0.6 is 35.5 Å². The van der Waals surface area contributed by atoms with Gasteiger partial charge in [0.2, 0.25) is 11.0 Å². The van der Waals surface area contributed by atoms with Gasteiger partial charge in [-0.25, -0.2) is 0 Å². The number of amides is 1. The number of carbonyl (C=O) groups excluding carboxylic acids is 1. The van der Waals surface area contributed by atoms with Crippen molar-refractivity contribution in [2.75, 3.05) is 11.9 Å². The van der Waals surface area contributed by atoms with E-state index < -0.39 is 0 Å². The summed E-state index contributed by atoms with van der Waals surface area (Å²) in [5, 5.41) is 14.7. The summed E-state index contributed by atoms with van der Waals surface area (Å²) in [5.74, 6) is 0.844. The largest absolute Gasteiger partial charge is 0.306 e. The standard InChI is InChI=1S/C14H16N4OS2.ClH/c19-12(11-7-4-8-15-11)16-13-17-18-14(21-13)20-9-10-5-2-1-3-6-10;/h1-3,5-6,11,15H,4,7-9H2,(H,16,17,19);1H. The van der Waals surface area contributed by atoms with Crippen LogP contribution in [-0.4, -0.2) is 28.7 Å². The fourth-order valence-electron chi connectivity index (χ4n) is 2.14. The summed E-state index contributed by atoms with van der Waals surface area (Å²) in [6.07, 6.45) is 1.94. The quantitative estimate of drug-likeness (QED) is 0.637. The molecule has 1 atom stereocenters. The van der Waals surface area contributed by atoms with Crippen LogP contribution in [0, 0.1) is 0 Å². The van der Waals surface area contributed by atoms with Crippen molar-refractivity contribution in [1.82, 2.24) is 15.5 Å². The summed E-state index contributed by atoms with van der Waals surface area (Å²) in [6.45, 7) is 0.909. The average Bonchev–Trinajstić information content (AvgIpc) is 3.18. The van der Waals surface area contributed by atoms with E-state index in [0.717, 1.165) is 29.5 Å². The molecular formula is C14H17ClN4OS2. The van der Waals surface area contributed by atoms with Crippen LogP contribution in [0.3, 0.4) is 0 Å². The average molecular weight is 357 g/mol. The minimum Gasteiger partial charge on any atom is -0.306 e. The zero-order valence-corrected chi connectivity index (χ0v) is 14.3. The Kier molecular flexibility index (Phi) is 6.63. The Morgan fingerprint density at radius 2 is 2.18 bits per heavy atom. The van der Waals surface area contributed by atoms with E-state index in [1.165, 1.54) is 16.9 Å². The van der Waals surface area contributed by atoms with Crippen molar-refractivity contribution in [3.8, 4) is 0 Å². The molecule has 2 aromatic rings. The molecule has 2 heterocycles. The Bertz CT molecular complexity index is 602. The van der Waals surface area contributed by atoms with Crippen LogP contribution < -0.4 is 10.6 Å². The molecular weight excluding hydrogens is 340 g/mol. The van der Waals surface area contributed by atoms with E-state index in [9.17, 15) is 4.79 Å². The van der Waals surface area contributed by atoms with E-state index >= 15 is 0 Å².